The molecule has 0 unspecified atom stereocenters. The van der Waals surface area contributed by atoms with Crippen LogP contribution < -0.4 is 0 Å². The molecule has 1 atom stereocenters. The normalized spacial score (nSPS) is 23.1. The number of hydrogen-bond donors (Lipinski definition) is 0. The van der Waals surface area contributed by atoms with E-state index in [0.717, 1.165) is 13.1 Å². The van der Waals surface area contributed by atoms with Gasteiger partial charge in [0.25, 0.3) is 5.89 Å². The molecule has 0 aliphatic carbocycles. The molecule has 0 spiro atoms. The van der Waals surface area contributed by atoms with E-state index in [1.165, 1.54) is 0 Å². The standard InChI is InChI=1S/C13H23N3O4/c1-13(2)9-16(5-10(19-13)7-17-3)6-11-14-12(8-18-4)20-15-11/h10H,5-9H2,1-4H3/t10-/m0/s1. The van der Waals surface area contributed by atoms with Crippen molar-refractivity contribution < 1.29 is 18.7 Å². The Labute approximate surface area is 119 Å². The van der Waals surface area contributed by atoms with Gasteiger partial charge in [0.05, 0.1) is 24.9 Å². The maximum Gasteiger partial charge on any atom is 0.252 e. The molecule has 1 aromatic rings. The molecule has 0 radical (unpaired) electrons. The number of aromatic nitrogens is 2. The summed E-state index contributed by atoms with van der Waals surface area (Å²) in [6, 6.07) is 0. The van der Waals surface area contributed by atoms with Gasteiger partial charge in [-0.25, -0.2) is 0 Å². The van der Waals surface area contributed by atoms with Crippen molar-refractivity contribution in [3.05, 3.63) is 11.7 Å². The first-order chi connectivity index (χ1) is 9.52. The summed E-state index contributed by atoms with van der Waals surface area (Å²) < 4.78 is 21.2. The van der Waals surface area contributed by atoms with Gasteiger partial charge in [0.15, 0.2) is 5.82 Å². The van der Waals surface area contributed by atoms with Gasteiger partial charge in [0.1, 0.15) is 6.61 Å². The molecule has 20 heavy (non-hydrogen) atoms. The minimum atomic E-state index is -0.208. The highest BCUT2D eigenvalue weighted by Crippen LogP contribution is 2.22. The Hall–Kier alpha value is -1.02. The lowest BCUT2D eigenvalue weighted by atomic mass is 10.1. The SMILES string of the molecule is COCc1nc(CN2C[C@@H](COC)OC(C)(C)C2)no1. The van der Waals surface area contributed by atoms with Crippen LogP contribution in [0.5, 0.6) is 0 Å². The highest BCUT2D eigenvalue weighted by Gasteiger charge is 2.33. The molecule has 1 aliphatic heterocycles. The average molecular weight is 285 g/mol. The first-order valence-corrected chi connectivity index (χ1v) is 6.72. The van der Waals surface area contributed by atoms with Crippen LogP contribution in [0.1, 0.15) is 25.6 Å². The Morgan fingerprint density at radius 3 is 2.85 bits per heavy atom. The van der Waals surface area contributed by atoms with Gasteiger partial charge in [0.2, 0.25) is 0 Å². The van der Waals surface area contributed by atoms with Crippen LogP contribution in [0.15, 0.2) is 4.52 Å². The average Bonchev–Trinajstić information content (AvgIpc) is 2.75. The van der Waals surface area contributed by atoms with E-state index < -0.39 is 0 Å². The fraction of sp³-hybridized carbons (Fsp3) is 0.846. The molecule has 0 amide bonds. The van der Waals surface area contributed by atoms with Crippen molar-refractivity contribution in [2.24, 2.45) is 0 Å². The number of ether oxygens (including phenoxy) is 3. The van der Waals surface area contributed by atoms with Gasteiger partial charge < -0.3 is 18.7 Å². The summed E-state index contributed by atoms with van der Waals surface area (Å²) in [5.41, 5.74) is -0.208. The number of hydrogen-bond acceptors (Lipinski definition) is 7. The lowest BCUT2D eigenvalue weighted by molar-refractivity contribution is -0.154. The molecular formula is C13H23N3O4. The highest BCUT2D eigenvalue weighted by atomic mass is 16.5. The minimum absolute atomic E-state index is 0.0640. The third-order valence-corrected chi connectivity index (χ3v) is 3.05. The van der Waals surface area contributed by atoms with Gasteiger partial charge in [-0.15, -0.1) is 0 Å². The van der Waals surface area contributed by atoms with Gasteiger partial charge in [-0.1, -0.05) is 5.16 Å². The molecule has 0 bridgehead atoms. The zero-order valence-electron chi connectivity index (χ0n) is 12.6. The van der Waals surface area contributed by atoms with Gasteiger partial charge >= 0.3 is 0 Å². The van der Waals surface area contributed by atoms with E-state index in [0.29, 0.717) is 31.5 Å². The number of rotatable bonds is 6. The van der Waals surface area contributed by atoms with Gasteiger partial charge in [-0.2, -0.15) is 4.98 Å². The monoisotopic (exact) mass is 285 g/mol. The second kappa shape index (κ2) is 6.62. The first-order valence-electron chi connectivity index (χ1n) is 6.72. The molecular weight excluding hydrogens is 262 g/mol. The summed E-state index contributed by atoms with van der Waals surface area (Å²) in [6.07, 6.45) is 0.0640. The van der Waals surface area contributed by atoms with E-state index in [9.17, 15) is 0 Å². The Bertz CT molecular complexity index is 422. The summed E-state index contributed by atoms with van der Waals surface area (Å²) >= 11 is 0. The molecule has 0 saturated carbocycles. The number of nitrogens with zero attached hydrogens (tertiary/aromatic N) is 3. The van der Waals surface area contributed by atoms with Crippen LogP contribution in [-0.4, -0.2) is 60.7 Å². The van der Waals surface area contributed by atoms with Crippen LogP contribution in [0.3, 0.4) is 0 Å². The van der Waals surface area contributed by atoms with E-state index >= 15 is 0 Å². The zero-order chi connectivity index (χ0) is 14.6. The van der Waals surface area contributed by atoms with E-state index in [1.807, 2.05) is 0 Å². The molecule has 0 aromatic carbocycles. The van der Waals surface area contributed by atoms with Crippen molar-refractivity contribution >= 4 is 0 Å². The Kier molecular flexibility index (Phi) is 5.09. The summed E-state index contributed by atoms with van der Waals surface area (Å²) in [5.74, 6) is 1.18. The van der Waals surface area contributed by atoms with E-state index in [-0.39, 0.29) is 11.7 Å². The molecule has 114 valence electrons. The van der Waals surface area contributed by atoms with Gasteiger partial charge in [0, 0.05) is 27.3 Å². The second-order valence-electron chi connectivity index (χ2n) is 5.66. The molecule has 2 rings (SSSR count). The molecule has 1 aromatic heterocycles. The van der Waals surface area contributed by atoms with Crippen molar-refractivity contribution in [3.63, 3.8) is 0 Å². The third kappa shape index (κ3) is 4.24. The summed E-state index contributed by atoms with van der Waals surface area (Å²) in [7, 11) is 3.29. The second-order valence-corrected chi connectivity index (χ2v) is 5.66. The maximum absolute atomic E-state index is 5.97. The van der Waals surface area contributed by atoms with Crippen LogP contribution in [-0.2, 0) is 27.4 Å². The van der Waals surface area contributed by atoms with Crippen molar-refractivity contribution in [2.75, 3.05) is 33.9 Å². The molecule has 7 nitrogen and oxygen atoms in total. The smallest absolute Gasteiger partial charge is 0.252 e. The lowest BCUT2D eigenvalue weighted by Gasteiger charge is -2.42. The van der Waals surface area contributed by atoms with Crippen LogP contribution in [0.25, 0.3) is 0 Å². The summed E-state index contributed by atoms with van der Waals surface area (Å²) in [4.78, 5) is 6.55. The quantitative estimate of drug-likeness (QED) is 0.767. The van der Waals surface area contributed by atoms with Crippen molar-refractivity contribution in [3.8, 4) is 0 Å². The molecule has 7 heteroatoms. The number of methoxy groups -OCH3 is 2. The molecule has 1 saturated heterocycles. The van der Waals surface area contributed by atoms with Crippen molar-refractivity contribution in [1.82, 2.24) is 15.0 Å². The highest BCUT2D eigenvalue weighted by molar-refractivity contribution is 4.90. The molecule has 2 heterocycles. The molecule has 0 N–H and O–H groups in total. The van der Waals surface area contributed by atoms with Crippen LogP contribution in [0.2, 0.25) is 0 Å². The molecule has 1 aliphatic rings. The fourth-order valence-corrected chi connectivity index (χ4v) is 2.55. The van der Waals surface area contributed by atoms with Crippen molar-refractivity contribution in [2.45, 2.75) is 38.7 Å². The van der Waals surface area contributed by atoms with E-state index in [4.69, 9.17) is 18.7 Å². The van der Waals surface area contributed by atoms with Gasteiger partial charge in [-0.3, -0.25) is 4.90 Å². The van der Waals surface area contributed by atoms with E-state index in [2.05, 4.69) is 28.9 Å². The maximum atomic E-state index is 5.97. The topological polar surface area (TPSA) is 69.9 Å². The van der Waals surface area contributed by atoms with Crippen molar-refractivity contribution in [1.29, 1.82) is 0 Å². The van der Waals surface area contributed by atoms with Crippen LogP contribution in [0, 0.1) is 0 Å². The Balaban J connectivity index is 1.96. The summed E-state index contributed by atoms with van der Waals surface area (Å²) in [5, 5.41) is 3.97. The predicted molar refractivity (Wildman–Crippen MR) is 71.1 cm³/mol. The van der Waals surface area contributed by atoms with Gasteiger partial charge in [-0.05, 0) is 13.8 Å². The summed E-state index contributed by atoms with van der Waals surface area (Å²) in [6.45, 7) is 7.34. The fourth-order valence-electron chi connectivity index (χ4n) is 2.55. The van der Waals surface area contributed by atoms with Crippen LogP contribution >= 0.6 is 0 Å². The zero-order valence-corrected chi connectivity index (χ0v) is 12.6. The molecule has 1 fully saturated rings. The lowest BCUT2D eigenvalue weighted by Crippen LogP contribution is -2.53. The van der Waals surface area contributed by atoms with Crippen LogP contribution in [0.4, 0.5) is 0 Å². The predicted octanol–water partition coefficient (Wildman–Crippen LogP) is 0.842. The Morgan fingerprint density at radius 2 is 2.15 bits per heavy atom. The van der Waals surface area contributed by atoms with E-state index in [1.54, 1.807) is 14.2 Å². The first kappa shape index (κ1) is 15.4. The third-order valence-electron chi connectivity index (χ3n) is 3.05. The Morgan fingerprint density at radius 1 is 1.35 bits per heavy atom. The number of morpholine rings is 1. The minimum Gasteiger partial charge on any atom is -0.382 e. The largest absolute Gasteiger partial charge is 0.382 e.